The van der Waals surface area contributed by atoms with Crippen LogP contribution in [0.4, 0.5) is 0 Å². The number of rotatable bonds is 5. The van der Waals surface area contributed by atoms with E-state index in [0.29, 0.717) is 23.5 Å². The summed E-state index contributed by atoms with van der Waals surface area (Å²) in [5.74, 6) is -1.32. The van der Waals surface area contributed by atoms with Crippen LogP contribution in [0.3, 0.4) is 0 Å². The quantitative estimate of drug-likeness (QED) is 0.661. The maximum Gasteiger partial charge on any atom is 0.204 e. The molecule has 26 heavy (non-hydrogen) atoms. The number of hydrogen-bond donors (Lipinski definition) is 0. The van der Waals surface area contributed by atoms with Gasteiger partial charge in [0.25, 0.3) is 0 Å². The van der Waals surface area contributed by atoms with Crippen LogP contribution in [0.5, 0.6) is 0 Å². The fourth-order valence-electron chi connectivity index (χ4n) is 2.99. The highest BCUT2D eigenvalue weighted by Crippen LogP contribution is 2.25. The second-order valence-corrected chi connectivity index (χ2v) is 6.12. The number of nitriles is 1. The molecule has 0 aliphatic heterocycles. The van der Waals surface area contributed by atoms with Gasteiger partial charge in [-0.25, -0.2) is 0 Å². The second-order valence-electron chi connectivity index (χ2n) is 6.12. The Morgan fingerprint density at radius 3 is 2.42 bits per heavy atom. The molecule has 1 aromatic carbocycles. The maximum absolute atomic E-state index is 13.1. The van der Waals surface area contributed by atoms with Crippen molar-refractivity contribution in [3.8, 4) is 11.8 Å². The van der Waals surface area contributed by atoms with Gasteiger partial charge in [-0.05, 0) is 32.4 Å². The molecule has 3 aromatic rings. The van der Waals surface area contributed by atoms with Gasteiger partial charge in [0.1, 0.15) is 11.4 Å². The molecule has 0 spiro atoms. The van der Waals surface area contributed by atoms with Gasteiger partial charge in [-0.1, -0.05) is 25.1 Å². The normalized spacial score (nSPS) is 12.0. The third-order valence-corrected chi connectivity index (χ3v) is 4.46. The summed E-state index contributed by atoms with van der Waals surface area (Å²) in [5, 5.41) is 22.9. The van der Waals surface area contributed by atoms with Crippen LogP contribution in [0, 0.1) is 25.2 Å². The summed E-state index contributed by atoms with van der Waals surface area (Å²) < 4.78 is 1.53. The van der Waals surface area contributed by atoms with Crippen molar-refractivity contribution in [2.75, 3.05) is 0 Å². The van der Waals surface area contributed by atoms with Crippen molar-refractivity contribution in [2.24, 2.45) is 7.05 Å². The Labute approximate surface area is 151 Å². The van der Waals surface area contributed by atoms with E-state index in [1.165, 1.54) is 9.48 Å². The van der Waals surface area contributed by atoms with Crippen LogP contribution in [-0.2, 0) is 13.5 Å². The molecule has 7 heteroatoms. The van der Waals surface area contributed by atoms with Gasteiger partial charge in [0.2, 0.25) is 5.78 Å². The Morgan fingerprint density at radius 1 is 1.19 bits per heavy atom. The smallest absolute Gasteiger partial charge is 0.204 e. The molecule has 0 aliphatic carbocycles. The van der Waals surface area contributed by atoms with Gasteiger partial charge in [0.05, 0.1) is 23.1 Å². The number of ketones is 1. The number of Topliss-reactive ketones (excluding diaryl/α,β-unsaturated/α-hetero) is 1. The van der Waals surface area contributed by atoms with E-state index in [0.717, 1.165) is 16.9 Å². The Kier molecular flexibility index (Phi) is 4.67. The van der Waals surface area contributed by atoms with Crippen molar-refractivity contribution in [3.63, 3.8) is 0 Å². The number of nitrogens with zero attached hydrogens (tertiary/aromatic N) is 6. The monoisotopic (exact) mass is 348 g/mol. The van der Waals surface area contributed by atoms with Crippen LogP contribution in [0.15, 0.2) is 30.3 Å². The summed E-state index contributed by atoms with van der Waals surface area (Å²) in [6.07, 6.45) is 0.580. The standard InChI is InChI=1S/C19H20N6O/c1-5-16-17(23-25(22-16)14-9-7-6-8-10-14)15(11-20)19(26)18-12(2)13(3)21-24(18)4/h6-10,15H,5H2,1-4H3. The average molecular weight is 348 g/mol. The lowest BCUT2D eigenvalue weighted by molar-refractivity contribution is 0.0967. The summed E-state index contributed by atoms with van der Waals surface area (Å²) in [5.41, 5.74) is 3.82. The molecule has 3 rings (SSSR count). The Hall–Kier alpha value is -3.27. The van der Waals surface area contributed by atoms with Gasteiger partial charge < -0.3 is 0 Å². The molecule has 0 N–H and O–H groups in total. The van der Waals surface area contributed by atoms with Gasteiger partial charge >= 0.3 is 0 Å². The van der Waals surface area contributed by atoms with Crippen molar-refractivity contribution < 1.29 is 4.79 Å². The third kappa shape index (κ3) is 2.90. The molecule has 1 atom stereocenters. The average Bonchev–Trinajstić information content (AvgIpc) is 3.17. The summed E-state index contributed by atoms with van der Waals surface area (Å²) in [6, 6.07) is 11.5. The molecule has 7 nitrogen and oxygen atoms in total. The first kappa shape index (κ1) is 17.5. The molecule has 0 saturated heterocycles. The SMILES string of the molecule is CCc1nn(-c2ccccc2)nc1C(C#N)C(=O)c1c(C)c(C)nn1C. The van der Waals surface area contributed by atoms with E-state index in [2.05, 4.69) is 21.4 Å². The summed E-state index contributed by atoms with van der Waals surface area (Å²) in [7, 11) is 1.71. The molecule has 132 valence electrons. The van der Waals surface area contributed by atoms with E-state index in [1.807, 2.05) is 51.1 Å². The number of aromatic nitrogens is 5. The molecule has 0 radical (unpaired) electrons. The van der Waals surface area contributed by atoms with E-state index in [4.69, 9.17) is 0 Å². The van der Waals surface area contributed by atoms with Crippen LogP contribution >= 0.6 is 0 Å². The van der Waals surface area contributed by atoms with Crippen molar-refractivity contribution in [2.45, 2.75) is 33.1 Å². The van der Waals surface area contributed by atoms with Crippen LogP contribution < -0.4 is 0 Å². The first-order valence-corrected chi connectivity index (χ1v) is 8.43. The lowest BCUT2D eigenvalue weighted by Crippen LogP contribution is -2.18. The highest BCUT2D eigenvalue weighted by Gasteiger charge is 2.31. The lowest BCUT2D eigenvalue weighted by Gasteiger charge is -2.08. The molecule has 0 fully saturated rings. The Balaban J connectivity index is 2.07. The fraction of sp³-hybridized carbons (Fsp3) is 0.316. The topological polar surface area (TPSA) is 89.4 Å². The number of benzene rings is 1. The number of carbonyl (C=O) groups excluding carboxylic acids is 1. The number of para-hydroxylation sites is 1. The van der Waals surface area contributed by atoms with Crippen molar-refractivity contribution in [1.29, 1.82) is 5.26 Å². The van der Waals surface area contributed by atoms with Crippen molar-refractivity contribution >= 4 is 5.78 Å². The molecule has 1 unspecified atom stereocenters. The summed E-state index contributed by atoms with van der Waals surface area (Å²) in [4.78, 5) is 14.6. The third-order valence-electron chi connectivity index (χ3n) is 4.46. The van der Waals surface area contributed by atoms with Crippen molar-refractivity contribution in [1.82, 2.24) is 24.8 Å². The number of hydrogen-bond acceptors (Lipinski definition) is 5. The highest BCUT2D eigenvalue weighted by atomic mass is 16.1. The van der Waals surface area contributed by atoms with Crippen LogP contribution in [0.25, 0.3) is 5.69 Å². The molecule has 0 aliphatic rings. The minimum atomic E-state index is -1.02. The van der Waals surface area contributed by atoms with Gasteiger partial charge in [-0.3, -0.25) is 9.48 Å². The lowest BCUT2D eigenvalue weighted by atomic mass is 9.95. The minimum Gasteiger partial charge on any atom is -0.290 e. The zero-order valence-corrected chi connectivity index (χ0v) is 15.3. The van der Waals surface area contributed by atoms with Crippen LogP contribution in [0.2, 0.25) is 0 Å². The molecular formula is C19H20N6O. The van der Waals surface area contributed by atoms with Gasteiger partial charge in [-0.2, -0.15) is 25.4 Å². The first-order valence-electron chi connectivity index (χ1n) is 8.43. The van der Waals surface area contributed by atoms with E-state index in [-0.39, 0.29) is 5.78 Å². The maximum atomic E-state index is 13.1. The van der Waals surface area contributed by atoms with Crippen LogP contribution in [-0.4, -0.2) is 30.6 Å². The van der Waals surface area contributed by atoms with Crippen molar-refractivity contribution in [3.05, 3.63) is 58.7 Å². The highest BCUT2D eigenvalue weighted by molar-refractivity contribution is 6.02. The largest absolute Gasteiger partial charge is 0.290 e. The summed E-state index contributed by atoms with van der Waals surface area (Å²) >= 11 is 0. The molecule has 0 bridgehead atoms. The molecule has 2 heterocycles. The predicted molar refractivity (Wildman–Crippen MR) is 96.1 cm³/mol. The molecule has 0 amide bonds. The van der Waals surface area contributed by atoms with Gasteiger partial charge in [0, 0.05) is 12.6 Å². The van der Waals surface area contributed by atoms with Gasteiger partial charge in [-0.15, -0.1) is 0 Å². The minimum absolute atomic E-state index is 0.303. The Bertz CT molecular complexity index is 993. The van der Waals surface area contributed by atoms with E-state index in [1.54, 1.807) is 7.05 Å². The first-order chi connectivity index (χ1) is 12.5. The fourth-order valence-corrected chi connectivity index (χ4v) is 2.99. The molecule has 0 saturated carbocycles. The number of aryl methyl sites for hydroxylation is 3. The zero-order valence-electron chi connectivity index (χ0n) is 15.3. The van der Waals surface area contributed by atoms with Crippen LogP contribution in [0.1, 0.15) is 46.0 Å². The summed E-state index contributed by atoms with van der Waals surface area (Å²) in [6.45, 7) is 5.61. The molecular weight excluding hydrogens is 328 g/mol. The zero-order chi connectivity index (χ0) is 18.8. The Morgan fingerprint density at radius 2 is 1.88 bits per heavy atom. The van der Waals surface area contributed by atoms with E-state index in [9.17, 15) is 10.1 Å². The predicted octanol–water partition coefficient (Wildman–Crippen LogP) is 2.67. The molecule has 2 aromatic heterocycles. The second kappa shape index (κ2) is 6.92. The number of carbonyl (C=O) groups is 1. The van der Waals surface area contributed by atoms with Gasteiger partial charge in [0.15, 0.2) is 5.92 Å². The van der Waals surface area contributed by atoms with E-state index < -0.39 is 5.92 Å². The van der Waals surface area contributed by atoms with E-state index >= 15 is 0 Å².